The molecule has 1 N–H and O–H groups in total. The Morgan fingerprint density at radius 2 is 2.00 bits per heavy atom. The number of hydrogen-bond donors (Lipinski definition) is 1. The number of halogens is 1. The second-order valence-corrected chi connectivity index (χ2v) is 5.90. The number of nitriles is 1. The minimum Gasteiger partial charge on any atom is -0.352 e. The van der Waals surface area contributed by atoms with Gasteiger partial charge in [-0.05, 0) is 43.5 Å². The molecule has 2 amide bonds. The number of rotatable bonds is 5. The van der Waals surface area contributed by atoms with Crippen molar-refractivity contribution < 1.29 is 9.59 Å². The highest BCUT2D eigenvalue weighted by molar-refractivity contribution is 6.30. The monoisotopic (exact) mass is 319 g/mol. The van der Waals surface area contributed by atoms with Gasteiger partial charge in [0.25, 0.3) is 5.91 Å². The molecule has 2 rings (SSSR count). The van der Waals surface area contributed by atoms with Gasteiger partial charge in [-0.1, -0.05) is 11.6 Å². The van der Waals surface area contributed by atoms with Crippen LogP contribution in [0, 0.1) is 11.3 Å². The molecular weight excluding hydrogens is 302 g/mol. The van der Waals surface area contributed by atoms with Gasteiger partial charge in [-0.3, -0.25) is 9.59 Å². The van der Waals surface area contributed by atoms with Crippen LogP contribution in [0.1, 0.15) is 36.0 Å². The van der Waals surface area contributed by atoms with Crippen LogP contribution in [0.25, 0.3) is 0 Å². The zero-order chi connectivity index (χ0) is 16.2. The molecule has 0 heterocycles. The lowest BCUT2D eigenvalue weighted by atomic mass is 9.76. The van der Waals surface area contributed by atoms with Crippen molar-refractivity contribution in [1.29, 1.82) is 5.26 Å². The molecule has 0 unspecified atom stereocenters. The van der Waals surface area contributed by atoms with Crippen molar-refractivity contribution >= 4 is 23.4 Å². The van der Waals surface area contributed by atoms with E-state index in [1.165, 1.54) is 4.90 Å². The Balaban J connectivity index is 1.81. The average Bonchev–Trinajstić information content (AvgIpc) is 2.47. The molecule has 0 saturated heterocycles. The zero-order valence-electron chi connectivity index (χ0n) is 12.4. The lowest BCUT2D eigenvalue weighted by molar-refractivity contribution is -0.136. The Morgan fingerprint density at radius 3 is 2.50 bits per heavy atom. The molecule has 116 valence electrons. The number of amides is 2. The van der Waals surface area contributed by atoms with Crippen LogP contribution in [-0.2, 0) is 4.79 Å². The topological polar surface area (TPSA) is 73.2 Å². The summed E-state index contributed by atoms with van der Waals surface area (Å²) in [5, 5.41) is 12.5. The normalized spacial score (nSPS) is 15.3. The first-order valence-electron chi connectivity index (χ1n) is 7.20. The maximum absolute atomic E-state index is 12.1. The van der Waals surface area contributed by atoms with Crippen LogP contribution in [0.4, 0.5) is 0 Å². The smallest absolute Gasteiger partial charge is 0.251 e. The van der Waals surface area contributed by atoms with Gasteiger partial charge in [0.1, 0.15) is 5.54 Å². The van der Waals surface area contributed by atoms with Gasteiger partial charge in [0, 0.05) is 30.6 Å². The van der Waals surface area contributed by atoms with E-state index in [0.29, 0.717) is 10.6 Å². The highest BCUT2D eigenvalue weighted by atomic mass is 35.5. The summed E-state index contributed by atoms with van der Waals surface area (Å²) in [6, 6.07) is 8.77. The minimum absolute atomic E-state index is 0.127. The molecule has 0 bridgehead atoms. The Labute approximate surface area is 134 Å². The van der Waals surface area contributed by atoms with Crippen LogP contribution in [-0.4, -0.2) is 35.8 Å². The summed E-state index contributed by atoms with van der Waals surface area (Å²) in [4.78, 5) is 25.5. The summed E-state index contributed by atoms with van der Waals surface area (Å²) in [6.45, 7) is 0.242. The third-order valence-corrected chi connectivity index (χ3v) is 4.39. The fourth-order valence-corrected chi connectivity index (χ4v) is 2.55. The quantitative estimate of drug-likeness (QED) is 0.905. The molecule has 5 nitrogen and oxygen atoms in total. The molecule has 0 aromatic heterocycles. The first-order chi connectivity index (χ1) is 10.5. The Hall–Kier alpha value is -2.06. The number of carbonyl (C=O) groups is 2. The first-order valence-corrected chi connectivity index (χ1v) is 7.58. The summed E-state index contributed by atoms with van der Waals surface area (Å²) in [6.07, 6.45) is 2.60. The molecule has 1 aliphatic carbocycles. The molecular formula is C16H18ClN3O2. The fourth-order valence-electron chi connectivity index (χ4n) is 2.43. The maximum atomic E-state index is 12.1. The third kappa shape index (κ3) is 3.40. The molecule has 22 heavy (non-hydrogen) atoms. The van der Waals surface area contributed by atoms with Gasteiger partial charge in [-0.15, -0.1) is 0 Å². The molecule has 1 saturated carbocycles. The number of hydrogen-bond acceptors (Lipinski definition) is 3. The molecule has 0 spiro atoms. The Bertz CT molecular complexity index is 603. The van der Waals surface area contributed by atoms with Gasteiger partial charge in [-0.2, -0.15) is 5.26 Å². The van der Waals surface area contributed by atoms with E-state index in [1.807, 2.05) is 0 Å². The van der Waals surface area contributed by atoms with Gasteiger partial charge in [-0.25, -0.2) is 0 Å². The molecule has 1 aromatic carbocycles. The van der Waals surface area contributed by atoms with Crippen molar-refractivity contribution in [3.05, 3.63) is 34.9 Å². The van der Waals surface area contributed by atoms with E-state index in [9.17, 15) is 14.9 Å². The first kappa shape index (κ1) is 16.3. The Kier molecular flexibility index (Phi) is 5.04. The van der Waals surface area contributed by atoms with Crippen LogP contribution < -0.4 is 5.32 Å². The summed E-state index contributed by atoms with van der Waals surface area (Å²) in [5.74, 6) is -0.372. The van der Waals surface area contributed by atoms with Crippen LogP contribution in [0.2, 0.25) is 5.02 Å². The Morgan fingerprint density at radius 1 is 1.36 bits per heavy atom. The SMILES string of the molecule is CN(C(=O)CCNC(=O)c1ccc(Cl)cc1)C1(C#N)CCC1. The fraction of sp³-hybridized carbons (Fsp3) is 0.438. The maximum Gasteiger partial charge on any atom is 0.251 e. The van der Waals surface area contributed by atoms with Gasteiger partial charge in [0.05, 0.1) is 6.07 Å². The van der Waals surface area contributed by atoms with Crippen molar-refractivity contribution in [1.82, 2.24) is 10.2 Å². The van der Waals surface area contributed by atoms with E-state index in [4.69, 9.17) is 11.6 Å². The number of nitrogens with one attached hydrogen (secondary N) is 1. The average molecular weight is 320 g/mol. The van der Waals surface area contributed by atoms with Crippen molar-refractivity contribution in [3.63, 3.8) is 0 Å². The second kappa shape index (κ2) is 6.80. The largest absolute Gasteiger partial charge is 0.352 e. The second-order valence-electron chi connectivity index (χ2n) is 5.46. The van der Waals surface area contributed by atoms with Gasteiger partial charge in [0.15, 0.2) is 0 Å². The van der Waals surface area contributed by atoms with E-state index in [1.54, 1.807) is 31.3 Å². The predicted molar refractivity (Wildman–Crippen MR) is 83.4 cm³/mol. The van der Waals surface area contributed by atoms with Crippen LogP contribution in [0.3, 0.4) is 0 Å². The van der Waals surface area contributed by atoms with Crippen LogP contribution in [0.5, 0.6) is 0 Å². The third-order valence-electron chi connectivity index (χ3n) is 4.14. The zero-order valence-corrected chi connectivity index (χ0v) is 13.2. The summed E-state index contributed by atoms with van der Waals surface area (Å²) in [5.41, 5.74) is -0.144. The summed E-state index contributed by atoms with van der Waals surface area (Å²) in [7, 11) is 1.66. The molecule has 0 radical (unpaired) electrons. The van der Waals surface area contributed by atoms with Gasteiger partial charge >= 0.3 is 0 Å². The van der Waals surface area contributed by atoms with E-state index < -0.39 is 5.54 Å². The number of nitrogens with zero attached hydrogens (tertiary/aromatic N) is 2. The van der Waals surface area contributed by atoms with Crippen molar-refractivity contribution in [2.75, 3.05) is 13.6 Å². The minimum atomic E-state index is -0.642. The lowest BCUT2D eigenvalue weighted by Crippen LogP contribution is -2.53. The van der Waals surface area contributed by atoms with Crippen LogP contribution in [0.15, 0.2) is 24.3 Å². The summed E-state index contributed by atoms with van der Waals surface area (Å²) >= 11 is 5.76. The highest BCUT2D eigenvalue weighted by Gasteiger charge is 2.43. The highest BCUT2D eigenvalue weighted by Crippen LogP contribution is 2.36. The molecule has 1 aliphatic rings. The van der Waals surface area contributed by atoms with Crippen LogP contribution >= 0.6 is 11.6 Å². The van der Waals surface area contributed by atoms with Crippen molar-refractivity contribution in [2.24, 2.45) is 0 Å². The van der Waals surface area contributed by atoms with Gasteiger partial charge in [0.2, 0.25) is 5.91 Å². The molecule has 0 aliphatic heterocycles. The predicted octanol–water partition coefficient (Wildman–Crippen LogP) is 2.36. The lowest BCUT2D eigenvalue weighted by Gasteiger charge is -2.43. The molecule has 0 atom stereocenters. The summed E-state index contributed by atoms with van der Waals surface area (Å²) < 4.78 is 0. The van der Waals surface area contributed by atoms with E-state index in [0.717, 1.165) is 19.3 Å². The van der Waals surface area contributed by atoms with Crippen molar-refractivity contribution in [2.45, 2.75) is 31.2 Å². The standard InChI is InChI=1S/C16H18ClN3O2/c1-20(16(11-18)8-2-9-16)14(21)7-10-19-15(22)12-3-5-13(17)6-4-12/h3-6H,2,7-10H2,1H3,(H,19,22). The molecule has 1 fully saturated rings. The molecule has 1 aromatic rings. The van der Waals surface area contributed by atoms with E-state index >= 15 is 0 Å². The van der Waals surface area contributed by atoms with Gasteiger partial charge < -0.3 is 10.2 Å². The van der Waals surface area contributed by atoms with Crippen molar-refractivity contribution in [3.8, 4) is 6.07 Å². The van der Waals surface area contributed by atoms with E-state index in [2.05, 4.69) is 11.4 Å². The van der Waals surface area contributed by atoms with E-state index in [-0.39, 0.29) is 24.8 Å². The number of benzene rings is 1. The molecule has 6 heteroatoms. The number of carbonyl (C=O) groups excluding carboxylic acids is 2.